The smallest absolute Gasteiger partial charge is 0.286 e. The van der Waals surface area contributed by atoms with E-state index in [-0.39, 0.29) is 23.6 Å². The van der Waals surface area contributed by atoms with Gasteiger partial charge in [-0.1, -0.05) is 41.6 Å². The van der Waals surface area contributed by atoms with E-state index in [9.17, 15) is 18.8 Å². The van der Waals surface area contributed by atoms with Gasteiger partial charge in [0.15, 0.2) is 0 Å². The molecule has 1 saturated heterocycles. The monoisotopic (exact) mass is 422 g/mol. The van der Waals surface area contributed by atoms with Crippen molar-refractivity contribution in [3.63, 3.8) is 0 Å². The molecular weight excluding hydrogens is 407 g/mol. The second kappa shape index (κ2) is 8.62. The summed E-state index contributed by atoms with van der Waals surface area (Å²) in [7, 11) is 1.44. The molecule has 2 aromatic carbocycles. The van der Waals surface area contributed by atoms with Gasteiger partial charge >= 0.3 is 0 Å². The maximum Gasteiger partial charge on any atom is 0.286 e. The van der Waals surface area contributed by atoms with E-state index in [4.69, 9.17) is 16.3 Å². The van der Waals surface area contributed by atoms with Crippen LogP contribution in [0.15, 0.2) is 36.4 Å². The SMILES string of the molecule is COc1cc(Cl)c(C(=O)NCc2ccccc2F)cc1CC1SC(=O)NC1=O. The van der Waals surface area contributed by atoms with E-state index in [1.54, 1.807) is 18.2 Å². The van der Waals surface area contributed by atoms with Crippen molar-refractivity contribution in [3.05, 3.63) is 63.9 Å². The van der Waals surface area contributed by atoms with Crippen LogP contribution in [-0.2, 0) is 17.8 Å². The quantitative estimate of drug-likeness (QED) is 0.746. The van der Waals surface area contributed by atoms with Gasteiger partial charge in [-0.05, 0) is 30.2 Å². The van der Waals surface area contributed by atoms with Crippen LogP contribution in [0.3, 0.4) is 0 Å². The lowest BCUT2D eigenvalue weighted by atomic mass is 10.0. The molecule has 28 heavy (non-hydrogen) atoms. The highest BCUT2D eigenvalue weighted by Crippen LogP contribution is 2.31. The van der Waals surface area contributed by atoms with E-state index in [1.165, 1.54) is 25.3 Å². The highest BCUT2D eigenvalue weighted by molar-refractivity contribution is 8.15. The zero-order valence-corrected chi connectivity index (χ0v) is 16.3. The summed E-state index contributed by atoms with van der Waals surface area (Å²) in [6, 6.07) is 9.13. The molecule has 6 nitrogen and oxygen atoms in total. The summed E-state index contributed by atoms with van der Waals surface area (Å²) < 4.78 is 19.0. The molecule has 0 saturated carbocycles. The Kier molecular flexibility index (Phi) is 6.21. The van der Waals surface area contributed by atoms with Crippen LogP contribution in [0.2, 0.25) is 5.02 Å². The van der Waals surface area contributed by atoms with E-state index in [0.29, 0.717) is 16.9 Å². The average Bonchev–Trinajstić information content (AvgIpc) is 2.98. The van der Waals surface area contributed by atoms with E-state index < -0.39 is 28.1 Å². The van der Waals surface area contributed by atoms with Crippen molar-refractivity contribution in [3.8, 4) is 5.75 Å². The third-order valence-corrected chi connectivity index (χ3v) is 5.48. The maximum atomic E-state index is 13.7. The lowest BCUT2D eigenvalue weighted by Crippen LogP contribution is -2.26. The second-order valence-electron chi connectivity index (χ2n) is 6.01. The Morgan fingerprint density at radius 1 is 1.29 bits per heavy atom. The highest BCUT2D eigenvalue weighted by atomic mass is 35.5. The van der Waals surface area contributed by atoms with Crippen molar-refractivity contribution in [2.45, 2.75) is 18.2 Å². The predicted molar refractivity (Wildman–Crippen MR) is 104 cm³/mol. The van der Waals surface area contributed by atoms with Gasteiger partial charge in [0.05, 0.1) is 22.9 Å². The summed E-state index contributed by atoms with van der Waals surface area (Å²) >= 11 is 7.09. The Labute approximate surface area is 169 Å². The van der Waals surface area contributed by atoms with Crippen molar-refractivity contribution in [2.24, 2.45) is 0 Å². The molecule has 1 atom stereocenters. The van der Waals surface area contributed by atoms with Crippen LogP contribution in [-0.4, -0.2) is 29.4 Å². The summed E-state index contributed by atoms with van der Waals surface area (Å²) in [6.07, 6.45) is 0.191. The van der Waals surface area contributed by atoms with Crippen LogP contribution in [0.4, 0.5) is 9.18 Å². The number of hydrogen-bond donors (Lipinski definition) is 2. The first kappa shape index (κ1) is 20.2. The summed E-state index contributed by atoms with van der Waals surface area (Å²) in [5, 5.41) is 3.98. The average molecular weight is 423 g/mol. The molecule has 1 unspecified atom stereocenters. The largest absolute Gasteiger partial charge is 0.496 e. The van der Waals surface area contributed by atoms with Gasteiger partial charge in [0.1, 0.15) is 11.6 Å². The Balaban J connectivity index is 1.80. The molecular formula is C19H16ClFN2O4S. The Hall–Kier alpha value is -2.58. The van der Waals surface area contributed by atoms with Gasteiger partial charge in [-0.25, -0.2) is 4.39 Å². The second-order valence-corrected chi connectivity index (χ2v) is 7.59. The van der Waals surface area contributed by atoms with Gasteiger partial charge in [-0.2, -0.15) is 0 Å². The van der Waals surface area contributed by atoms with Crippen LogP contribution >= 0.6 is 23.4 Å². The minimum atomic E-state index is -0.614. The number of imide groups is 1. The third-order valence-electron chi connectivity index (χ3n) is 4.18. The van der Waals surface area contributed by atoms with E-state index >= 15 is 0 Å². The summed E-state index contributed by atoms with van der Waals surface area (Å²) in [5.41, 5.74) is 1.08. The molecule has 3 rings (SSSR count). The maximum absolute atomic E-state index is 13.7. The molecule has 1 aliphatic rings. The van der Waals surface area contributed by atoms with Crippen molar-refractivity contribution in [1.29, 1.82) is 0 Å². The molecule has 2 N–H and O–H groups in total. The summed E-state index contributed by atoms with van der Waals surface area (Å²) in [4.78, 5) is 35.8. The number of methoxy groups -OCH3 is 1. The first-order valence-corrected chi connectivity index (χ1v) is 9.54. The lowest BCUT2D eigenvalue weighted by Gasteiger charge is -2.14. The molecule has 0 radical (unpaired) electrons. The number of carbonyl (C=O) groups excluding carboxylic acids is 3. The number of thioether (sulfide) groups is 1. The molecule has 1 fully saturated rings. The fraction of sp³-hybridized carbons (Fsp3) is 0.211. The molecule has 2 aromatic rings. The fourth-order valence-corrected chi connectivity index (χ4v) is 3.85. The Morgan fingerprint density at radius 2 is 2.04 bits per heavy atom. The lowest BCUT2D eigenvalue weighted by molar-refractivity contribution is -0.118. The number of hydrogen-bond acceptors (Lipinski definition) is 5. The summed E-state index contributed by atoms with van der Waals surface area (Å²) in [5.74, 6) is -0.893. The Morgan fingerprint density at radius 3 is 2.68 bits per heavy atom. The molecule has 1 heterocycles. The zero-order chi connectivity index (χ0) is 20.3. The first-order valence-electron chi connectivity index (χ1n) is 8.28. The molecule has 0 spiro atoms. The normalized spacial score (nSPS) is 16.0. The highest BCUT2D eigenvalue weighted by Gasteiger charge is 2.32. The summed E-state index contributed by atoms with van der Waals surface area (Å²) in [6.45, 7) is -0.00141. The van der Waals surface area contributed by atoms with Crippen molar-refractivity contribution >= 4 is 40.4 Å². The number of nitrogens with one attached hydrogen (secondary N) is 2. The number of amides is 3. The molecule has 0 bridgehead atoms. The molecule has 1 aliphatic heterocycles. The minimum absolute atomic E-state index is 0.00141. The van der Waals surface area contributed by atoms with Gasteiger partial charge in [-0.15, -0.1) is 0 Å². The molecule has 146 valence electrons. The van der Waals surface area contributed by atoms with Crippen LogP contribution in [0, 0.1) is 5.82 Å². The molecule has 9 heteroatoms. The van der Waals surface area contributed by atoms with E-state index in [1.807, 2.05) is 0 Å². The number of halogens is 2. The Bertz CT molecular complexity index is 954. The standard InChI is InChI=1S/C19H16ClFN2O4S/c1-27-15-8-13(20)12(6-11(15)7-16-18(25)23-19(26)28-16)17(24)22-9-10-4-2-3-5-14(10)21/h2-6,8,16H,7,9H2,1H3,(H,22,24)(H,23,25,26). The predicted octanol–water partition coefficient (Wildman–Crippen LogP) is 3.31. The van der Waals surface area contributed by atoms with E-state index in [2.05, 4.69) is 10.6 Å². The first-order chi connectivity index (χ1) is 13.4. The number of ether oxygens (including phenoxy) is 1. The van der Waals surface area contributed by atoms with Crippen LogP contribution in [0.5, 0.6) is 5.75 Å². The van der Waals surface area contributed by atoms with Crippen LogP contribution in [0.1, 0.15) is 21.5 Å². The fourth-order valence-electron chi connectivity index (χ4n) is 2.76. The third kappa shape index (κ3) is 4.45. The molecule has 3 amide bonds. The number of rotatable bonds is 6. The minimum Gasteiger partial charge on any atom is -0.496 e. The van der Waals surface area contributed by atoms with Gasteiger partial charge in [0, 0.05) is 12.1 Å². The van der Waals surface area contributed by atoms with E-state index in [0.717, 1.165) is 11.8 Å². The van der Waals surface area contributed by atoms with Gasteiger partial charge in [0.25, 0.3) is 11.1 Å². The van der Waals surface area contributed by atoms with Crippen molar-refractivity contribution < 1.29 is 23.5 Å². The number of benzene rings is 2. The van der Waals surface area contributed by atoms with Crippen LogP contribution < -0.4 is 15.4 Å². The molecule has 0 aliphatic carbocycles. The van der Waals surface area contributed by atoms with Gasteiger partial charge < -0.3 is 10.1 Å². The zero-order valence-electron chi connectivity index (χ0n) is 14.8. The number of carbonyl (C=O) groups is 3. The van der Waals surface area contributed by atoms with Crippen molar-refractivity contribution in [2.75, 3.05) is 7.11 Å². The topological polar surface area (TPSA) is 84.5 Å². The van der Waals surface area contributed by atoms with Gasteiger partial charge in [0.2, 0.25) is 5.91 Å². The van der Waals surface area contributed by atoms with Crippen molar-refractivity contribution in [1.82, 2.24) is 10.6 Å². The van der Waals surface area contributed by atoms with Gasteiger partial charge in [-0.3, -0.25) is 19.7 Å². The van der Waals surface area contributed by atoms with Crippen LogP contribution in [0.25, 0.3) is 0 Å². The molecule has 0 aromatic heterocycles.